The number of H-pyrrole nitrogens is 1. The highest BCUT2D eigenvalue weighted by atomic mass is 32.1. The van der Waals surface area contributed by atoms with Crippen molar-refractivity contribution in [1.82, 2.24) is 9.97 Å². The van der Waals surface area contributed by atoms with Crippen LogP contribution in [-0.2, 0) is 6.42 Å². The zero-order valence-electron chi connectivity index (χ0n) is 11.7. The standard InChI is InChI=1S/C16H20N2S/c1-4-5-14-15(17-10-18-16(14)19)13-8-6-12(7-9-13)11(2)3/h6-11H,4-5H2,1-3H3,(H,17,18,19). The number of benzene rings is 1. The second kappa shape index (κ2) is 6.11. The summed E-state index contributed by atoms with van der Waals surface area (Å²) in [5.74, 6) is 0.556. The predicted molar refractivity (Wildman–Crippen MR) is 82.9 cm³/mol. The second-order valence-electron chi connectivity index (χ2n) is 5.09. The van der Waals surface area contributed by atoms with E-state index in [4.69, 9.17) is 12.2 Å². The predicted octanol–water partition coefficient (Wildman–Crippen LogP) is 4.88. The molecule has 100 valence electrons. The lowest BCUT2D eigenvalue weighted by Crippen LogP contribution is -1.97. The highest BCUT2D eigenvalue weighted by Gasteiger charge is 2.08. The van der Waals surface area contributed by atoms with Crippen LogP contribution in [-0.4, -0.2) is 9.97 Å². The van der Waals surface area contributed by atoms with E-state index < -0.39 is 0 Å². The molecule has 0 atom stereocenters. The van der Waals surface area contributed by atoms with Crippen LogP contribution in [0.15, 0.2) is 30.6 Å². The van der Waals surface area contributed by atoms with Crippen LogP contribution in [0.25, 0.3) is 11.3 Å². The Bertz CT molecular complexity index is 597. The lowest BCUT2D eigenvalue weighted by molar-refractivity contribution is 0.866. The third-order valence-corrected chi connectivity index (χ3v) is 3.67. The van der Waals surface area contributed by atoms with Crippen molar-refractivity contribution in [2.45, 2.75) is 39.5 Å². The number of nitrogens with one attached hydrogen (secondary N) is 1. The SMILES string of the molecule is CCCc1c(-c2ccc(C(C)C)cc2)[nH]cnc1=S. The quantitative estimate of drug-likeness (QED) is 0.803. The monoisotopic (exact) mass is 272 g/mol. The van der Waals surface area contributed by atoms with E-state index >= 15 is 0 Å². The molecule has 0 spiro atoms. The second-order valence-corrected chi connectivity index (χ2v) is 5.47. The number of aromatic nitrogens is 2. The minimum absolute atomic E-state index is 0.556. The maximum absolute atomic E-state index is 5.34. The van der Waals surface area contributed by atoms with Crippen molar-refractivity contribution < 1.29 is 0 Å². The Morgan fingerprint density at radius 2 is 1.89 bits per heavy atom. The van der Waals surface area contributed by atoms with E-state index in [1.807, 2.05) is 0 Å². The fourth-order valence-corrected chi connectivity index (χ4v) is 2.46. The van der Waals surface area contributed by atoms with Gasteiger partial charge < -0.3 is 4.98 Å². The number of nitrogens with zero attached hydrogens (tertiary/aromatic N) is 1. The Labute approximate surface area is 119 Å². The fourth-order valence-electron chi connectivity index (χ4n) is 2.20. The summed E-state index contributed by atoms with van der Waals surface area (Å²) in [6, 6.07) is 8.70. The van der Waals surface area contributed by atoms with Crippen molar-refractivity contribution in [3.05, 3.63) is 46.4 Å². The van der Waals surface area contributed by atoms with Gasteiger partial charge in [0, 0.05) is 5.56 Å². The molecule has 2 rings (SSSR count). The van der Waals surface area contributed by atoms with E-state index in [2.05, 4.69) is 55.0 Å². The maximum atomic E-state index is 5.34. The Morgan fingerprint density at radius 3 is 2.47 bits per heavy atom. The lowest BCUT2D eigenvalue weighted by Gasteiger charge is -2.10. The molecule has 19 heavy (non-hydrogen) atoms. The lowest BCUT2D eigenvalue weighted by atomic mass is 9.98. The van der Waals surface area contributed by atoms with E-state index in [1.54, 1.807) is 6.33 Å². The van der Waals surface area contributed by atoms with E-state index in [0.717, 1.165) is 24.1 Å². The molecular weight excluding hydrogens is 252 g/mol. The summed E-state index contributed by atoms with van der Waals surface area (Å²) in [6.45, 7) is 6.57. The molecule has 1 heterocycles. The normalized spacial score (nSPS) is 10.9. The van der Waals surface area contributed by atoms with E-state index in [9.17, 15) is 0 Å². The topological polar surface area (TPSA) is 28.7 Å². The molecule has 0 aliphatic heterocycles. The Hall–Kier alpha value is -1.48. The van der Waals surface area contributed by atoms with Crippen molar-refractivity contribution in [2.24, 2.45) is 0 Å². The zero-order chi connectivity index (χ0) is 13.8. The van der Waals surface area contributed by atoms with Crippen molar-refractivity contribution in [3.63, 3.8) is 0 Å². The van der Waals surface area contributed by atoms with Crippen LogP contribution in [0.5, 0.6) is 0 Å². The molecule has 0 aliphatic carbocycles. The van der Waals surface area contributed by atoms with Crippen molar-refractivity contribution >= 4 is 12.2 Å². The van der Waals surface area contributed by atoms with Crippen LogP contribution in [0.2, 0.25) is 0 Å². The molecular formula is C16H20N2S. The van der Waals surface area contributed by atoms with Gasteiger partial charge in [-0.25, -0.2) is 4.98 Å². The van der Waals surface area contributed by atoms with E-state index in [-0.39, 0.29) is 0 Å². The third-order valence-electron chi connectivity index (χ3n) is 3.32. The van der Waals surface area contributed by atoms with Gasteiger partial charge in [0.05, 0.1) is 12.0 Å². The molecule has 0 radical (unpaired) electrons. The Kier molecular flexibility index (Phi) is 4.48. The number of aromatic amines is 1. The number of rotatable bonds is 4. The zero-order valence-corrected chi connectivity index (χ0v) is 12.6. The van der Waals surface area contributed by atoms with Gasteiger partial charge >= 0.3 is 0 Å². The molecule has 0 bridgehead atoms. The molecule has 3 heteroatoms. The molecule has 0 unspecified atom stereocenters. The summed E-state index contributed by atoms with van der Waals surface area (Å²) < 4.78 is 0.712. The minimum atomic E-state index is 0.556. The van der Waals surface area contributed by atoms with Gasteiger partial charge in [-0.2, -0.15) is 0 Å². The summed E-state index contributed by atoms with van der Waals surface area (Å²) in [5, 5.41) is 0. The van der Waals surface area contributed by atoms with Crippen LogP contribution < -0.4 is 0 Å². The van der Waals surface area contributed by atoms with Crippen molar-refractivity contribution in [2.75, 3.05) is 0 Å². The molecule has 2 aromatic rings. The smallest absolute Gasteiger partial charge is 0.133 e. The highest BCUT2D eigenvalue weighted by molar-refractivity contribution is 7.71. The first-order valence-electron chi connectivity index (χ1n) is 6.80. The first-order valence-corrected chi connectivity index (χ1v) is 7.21. The van der Waals surface area contributed by atoms with Crippen LogP contribution in [0, 0.1) is 4.64 Å². The molecule has 0 saturated carbocycles. The third kappa shape index (κ3) is 3.10. The van der Waals surface area contributed by atoms with Crippen LogP contribution in [0.1, 0.15) is 44.2 Å². The Balaban J connectivity index is 2.46. The molecule has 0 aliphatic rings. The number of hydrogen-bond acceptors (Lipinski definition) is 2. The Morgan fingerprint density at radius 1 is 1.21 bits per heavy atom. The first kappa shape index (κ1) is 13.9. The summed E-state index contributed by atoms with van der Waals surface area (Å²) in [6.07, 6.45) is 3.72. The van der Waals surface area contributed by atoms with Gasteiger partial charge in [0.1, 0.15) is 4.64 Å². The van der Waals surface area contributed by atoms with Crippen molar-refractivity contribution in [3.8, 4) is 11.3 Å². The average molecular weight is 272 g/mol. The van der Waals surface area contributed by atoms with Gasteiger partial charge in [0.15, 0.2) is 0 Å². The molecule has 1 aromatic carbocycles. The van der Waals surface area contributed by atoms with Gasteiger partial charge in [-0.3, -0.25) is 0 Å². The summed E-state index contributed by atoms with van der Waals surface area (Å²) in [5.41, 5.74) is 4.80. The van der Waals surface area contributed by atoms with Gasteiger partial charge in [-0.1, -0.05) is 63.7 Å². The van der Waals surface area contributed by atoms with Crippen LogP contribution in [0.3, 0.4) is 0 Å². The van der Waals surface area contributed by atoms with Crippen LogP contribution in [0.4, 0.5) is 0 Å². The number of hydrogen-bond donors (Lipinski definition) is 1. The summed E-state index contributed by atoms with van der Waals surface area (Å²) >= 11 is 5.34. The summed E-state index contributed by atoms with van der Waals surface area (Å²) in [4.78, 5) is 7.44. The molecule has 2 nitrogen and oxygen atoms in total. The molecule has 0 saturated heterocycles. The summed E-state index contributed by atoms with van der Waals surface area (Å²) in [7, 11) is 0. The maximum Gasteiger partial charge on any atom is 0.133 e. The molecule has 0 fully saturated rings. The minimum Gasteiger partial charge on any atom is -0.346 e. The average Bonchev–Trinajstić information content (AvgIpc) is 2.41. The largest absolute Gasteiger partial charge is 0.346 e. The van der Waals surface area contributed by atoms with Gasteiger partial charge in [0.25, 0.3) is 0 Å². The van der Waals surface area contributed by atoms with Crippen molar-refractivity contribution in [1.29, 1.82) is 0 Å². The van der Waals surface area contributed by atoms with E-state index in [0.29, 0.717) is 10.6 Å². The molecule has 1 aromatic heterocycles. The van der Waals surface area contributed by atoms with Gasteiger partial charge in [-0.15, -0.1) is 0 Å². The van der Waals surface area contributed by atoms with Crippen LogP contribution >= 0.6 is 12.2 Å². The highest BCUT2D eigenvalue weighted by Crippen LogP contribution is 2.24. The first-order chi connectivity index (χ1) is 9.13. The van der Waals surface area contributed by atoms with Gasteiger partial charge in [-0.05, 0) is 23.5 Å². The molecule has 1 N–H and O–H groups in total. The van der Waals surface area contributed by atoms with E-state index in [1.165, 1.54) is 11.1 Å². The fraction of sp³-hybridized carbons (Fsp3) is 0.375. The van der Waals surface area contributed by atoms with Gasteiger partial charge in [0.2, 0.25) is 0 Å². The molecule has 0 amide bonds.